The molecule has 2 rings (SSSR count). The first-order valence-electron chi connectivity index (χ1n) is 5.65. The van der Waals surface area contributed by atoms with Crippen molar-refractivity contribution in [2.75, 3.05) is 11.7 Å². The van der Waals surface area contributed by atoms with E-state index in [-0.39, 0.29) is 17.3 Å². The molecule has 0 spiro atoms. The fraction of sp³-hybridized carbons (Fsp3) is 0.0714. The van der Waals surface area contributed by atoms with Crippen molar-refractivity contribution in [1.29, 1.82) is 0 Å². The average Bonchev–Trinajstić information content (AvgIpc) is 2.45. The fourth-order valence-electron chi connectivity index (χ4n) is 1.53. The van der Waals surface area contributed by atoms with Crippen molar-refractivity contribution in [3.8, 4) is 0 Å². The molecule has 0 aliphatic carbocycles. The van der Waals surface area contributed by atoms with E-state index in [1.807, 2.05) is 30.3 Å². The Kier molecular flexibility index (Phi) is 4.41. The molecule has 2 aromatic rings. The smallest absolute Gasteiger partial charge is 0.269 e. The lowest BCUT2D eigenvalue weighted by molar-refractivity contribution is 0.0962. The molecule has 2 N–H and O–H groups in total. The zero-order chi connectivity index (χ0) is 13.7. The van der Waals surface area contributed by atoms with Gasteiger partial charge in [-0.2, -0.15) is 0 Å². The first-order chi connectivity index (χ1) is 9.20. The Balaban J connectivity index is 2.02. The van der Waals surface area contributed by atoms with Crippen molar-refractivity contribution in [3.63, 3.8) is 0 Å². The summed E-state index contributed by atoms with van der Waals surface area (Å²) in [4.78, 5) is 12.3. The lowest BCUT2D eigenvalue weighted by Crippen LogP contribution is -2.29. The summed E-state index contributed by atoms with van der Waals surface area (Å²) in [5.74, 6) is -0.768. The summed E-state index contributed by atoms with van der Waals surface area (Å²) in [6.45, 7) is 0. The zero-order valence-electron chi connectivity index (χ0n) is 10.3. The van der Waals surface area contributed by atoms with Gasteiger partial charge < -0.3 is 0 Å². The van der Waals surface area contributed by atoms with Crippen molar-refractivity contribution in [3.05, 3.63) is 59.9 Å². The van der Waals surface area contributed by atoms with Gasteiger partial charge in [0.1, 0.15) is 5.82 Å². The number of anilines is 1. The molecule has 0 saturated heterocycles. The van der Waals surface area contributed by atoms with Gasteiger partial charge in [-0.1, -0.05) is 18.2 Å². The SMILES string of the molecule is CSc1ccc(C(=O)NNc2ccccc2)cc1F. The van der Waals surface area contributed by atoms with Gasteiger partial charge >= 0.3 is 0 Å². The van der Waals surface area contributed by atoms with Crippen LogP contribution >= 0.6 is 11.8 Å². The van der Waals surface area contributed by atoms with Crippen LogP contribution in [0.5, 0.6) is 0 Å². The number of amides is 1. The van der Waals surface area contributed by atoms with E-state index in [9.17, 15) is 9.18 Å². The van der Waals surface area contributed by atoms with Crippen LogP contribution in [0, 0.1) is 5.82 Å². The van der Waals surface area contributed by atoms with Gasteiger partial charge in [-0.25, -0.2) is 4.39 Å². The second-order valence-electron chi connectivity index (χ2n) is 3.79. The molecule has 0 radical (unpaired) electrons. The predicted molar refractivity (Wildman–Crippen MR) is 75.7 cm³/mol. The number of carbonyl (C=O) groups excluding carboxylic acids is 1. The molecule has 0 heterocycles. The summed E-state index contributed by atoms with van der Waals surface area (Å²) >= 11 is 1.30. The summed E-state index contributed by atoms with van der Waals surface area (Å²) in [5.41, 5.74) is 6.32. The van der Waals surface area contributed by atoms with Gasteiger partial charge in [-0.05, 0) is 36.6 Å². The molecule has 1 amide bonds. The topological polar surface area (TPSA) is 41.1 Å². The van der Waals surface area contributed by atoms with Gasteiger partial charge in [0.25, 0.3) is 5.91 Å². The molecule has 19 heavy (non-hydrogen) atoms. The molecular formula is C14H13FN2OS. The minimum absolute atomic E-state index is 0.277. The minimum atomic E-state index is -0.389. The molecule has 0 bridgehead atoms. The van der Waals surface area contributed by atoms with Crippen molar-refractivity contribution < 1.29 is 9.18 Å². The number of hydrazine groups is 1. The van der Waals surface area contributed by atoms with E-state index < -0.39 is 0 Å². The van der Waals surface area contributed by atoms with Crippen LogP contribution in [0.2, 0.25) is 0 Å². The third-order valence-corrected chi connectivity index (χ3v) is 3.28. The van der Waals surface area contributed by atoms with E-state index in [1.165, 1.54) is 17.8 Å². The largest absolute Gasteiger partial charge is 0.298 e. The molecule has 98 valence electrons. The maximum atomic E-state index is 13.6. The molecule has 2 aromatic carbocycles. The van der Waals surface area contributed by atoms with Crippen LogP contribution in [0.3, 0.4) is 0 Å². The van der Waals surface area contributed by atoms with Crippen LogP contribution in [-0.4, -0.2) is 12.2 Å². The molecule has 0 unspecified atom stereocenters. The molecule has 0 aliphatic rings. The molecular weight excluding hydrogens is 263 g/mol. The van der Waals surface area contributed by atoms with E-state index in [0.717, 1.165) is 5.69 Å². The van der Waals surface area contributed by atoms with Gasteiger partial charge in [0, 0.05) is 10.5 Å². The Morgan fingerprint density at radius 1 is 1.16 bits per heavy atom. The van der Waals surface area contributed by atoms with Crippen LogP contribution in [0.4, 0.5) is 10.1 Å². The Morgan fingerprint density at radius 3 is 2.53 bits per heavy atom. The molecule has 0 aromatic heterocycles. The monoisotopic (exact) mass is 276 g/mol. The summed E-state index contributed by atoms with van der Waals surface area (Å²) in [6.07, 6.45) is 1.79. The Bertz CT molecular complexity index is 575. The van der Waals surface area contributed by atoms with Gasteiger partial charge in [0.2, 0.25) is 0 Å². The third-order valence-electron chi connectivity index (χ3n) is 2.51. The minimum Gasteiger partial charge on any atom is -0.298 e. The standard InChI is InChI=1S/C14H13FN2OS/c1-19-13-8-7-10(9-12(13)15)14(18)17-16-11-5-3-2-4-6-11/h2-9,16H,1H3,(H,17,18). The normalized spacial score (nSPS) is 10.0. The van der Waals surface area contributed by atoms with Crippen molar-refractivity contribution >= 4 is 23.4 Å². The highest BCUT2D eigenvalue weighted by Crippen LogP contribution is 2.19. The first-order valence-corrected chi connectivity index (χ1v) is 6.88. The summed E-state index contributed by atoms with van der Waals surface area (Å²) < 4.78 is 13.6. The molecule has 5 heteroatoms. The van der Waals surface area contributed by atoms with Gasteiger partial charge in [-0.15, -0.1) is 11.8 Å². The number of carbonyl (C=O) groups is 1. The molecule has 3 nitrogen and oxygen atoms in total. The average molecular weight is 276 g/mol. The highest BCUT2D eigenvalue weighted by molar-refractivity contribution is 7.98. The Labute approximate surface area is 115 Å². The van der Waals surface area contributed by atoms with E-state index in [2.05, 4.69) is 10.9 Å². The van der Waals surface area contributed by atoms with Gasteiger partial charge in [0.15, 0.2) is 0 Å². The van der Waals surface area contributed by atoms with E-state index >= 15 is 0 Å². The number of rotatable bonds is 4. The fourth-order valence-corrected chi connectivity index (χ4v) is 1.99. The molecule has 0 aliphatic heterocycles. The number of halogens is 1. The summed E-state index contributed by atoms with van der Waals surface area (Å²) in [6, 6.07) is 13.6. The van der Waals surface area contributed by atoms with Crippen LogP contribution in [0.15, 0.2) is 53.4 Å². The van der Waals surface area contributed by atoms with Crippen LogP contribution < -0.4 is 10.9 Å². The highest BCUT2D eigenvalue weighted by atomic mass is 32.2. The third kappa shape index (κ3) is 3.48. The second kappa shape index (κ2) is 6.24. The number of thioether (sulfide) groups is 1. The molecule has 0 fully saturated rings. The van der Waals surface area contributed by atoms with Crippen molar-refractivity contribution in [2.24, 2.45) is 0 Å². The number of benzene rings is 2. The van der Waals surface area contributed by atoms with Crippen molar-refractivity contribution in [2.45, 2.75) is 4.90 Å². The quantitative estimate of drug-likeness (QED) is 0.665. The lowest BCUT2D eigenvalue weighted by atomic mass is 10.2. The molecule has 0 saturated carbocycles. The maximum absolute atomic E-state index is 13.6. The highest BCUT2D eigenvalue weighted by Gasteiger charge is 2.08. The number of hydrogen-bond acceptors (Lipinski definition) is 3. The second-order valence-corrected chi connectivity index (χ2v) is 4.64. The Hall–Kier alpha value is -2.01. The number of para-hydroxylation sites is 1. The number of nitrogens with one attached hydrogen (secondary N) is 2. The number of hydrogen-bond donors (Lipinski definition) is 2. The van der Waals surface area contributed by atoms with E-state index in [0.29, 0.717) is 4.90 Å². The summed E-state index contributed by atoms with van der Waals surface area (Å²) in [5, 5.41) is 0. The van der Waals surface area contributed by atoms with Gasteiger partial charge in [0.05, 0.1) is 5.69 Å². The maximum Gasteiger partial charge on any atom is 0.269 e. The van der Waals surface area contributed by atoms with Crippen LogP contribution in [0.1, 0.15) is 10.4 Å². The molecule has 0 atom stereocenters. The van der Waals surface area contributed by atoms with Crippen LogP contribution in [0.25, 0.3) is 0 Å². The lowest BCUT2D eigenvalue weighted by Gasteiger charge is -2.09. The van der Waals surface area contributed by atoms with E-state index in [4.69, 9.17) is 0 Å². The van der Waals surface area contributed by atoms with Crippen LogP contribution in [-0.2, 0) is 0 Å². The zero-order valence-corrected chi connectivity index (χ0v) is 11.1. The first kappa shape index (κ1) is 13.4. The van der Waals surface area contributed by atoms with E-state index in [1.54, 1.807) is 18.4 Å². The van der Waals surface area contributed by atoms with Crippen molar-refractivity contribution in [1.82, 2.24) is 5.43 Å². The predicted octanol–water partition coefficient (Wildman–Crippen LogP) is 3.30. The Morgan fingerprint density at radius 2 is 1.89 bits per heavy atom. The van der Waals surface area contributed by atoms with Gasteiger partial charge in [-0.3, -0.25) is 15.6 Å². The summed E-state index contributed by atoms with van der Waals surface area (Å²) in [7, 11) is 0.